The molecule has 0 spiro atoms. The van der Waals surface area contributed by atoms with Gasteiger partial charge in [-0.05, 0) is 37.4 Å². The monoisotopic (exact) mass is 516 g/mol. The first-order chi connectivity index (χ1) is 15.3. The number of carbonyl (C=O) groups is 2. The average Bonchev–Trinajstić information content (AvgIpc) is 3.15. The molecule has 1 atom stereocenters. The zero-order valence-corrected chi connectivity index (χ0v) is 24.0. The van der Waals surface area contributed by atoms with Gasteiger partial charge in [-0.15, -0.1) is 0 Å². The molecule has 2 rings (SSSR count). The summed E-state index contributed by atoms with van der Waals surface area (Å²) in [6.07, 6.45) is -0.826. The summed E-state index contributed by atoms with van der Waals surface area (Å²) in [5.41, 5.74) is 0.315. The van der Waals surface area contributed by atoms with Gasteiger partial charge >= 0.3 is 22.3 Å². The molecular weight excluding hydrogens is 476 g/mol. The Kier molecular flexibility index (Phi) is 7.72. The molecule has 34 heavy (non-hydrogen) atoms. The summed E-state index contributed by atoms with van der Waals surface area (Å²) in [6, 6.07) is -1.43. The number of hydrogen-bond donors (Lipinski definition) is 1. The van der Waals surface area contributed by atoms with Crippen LogP contribution in [-0.2, 0) is 26.3 Å². The molecule has 0 bridgehead atoms. The summed E-state index contributed by atoms with van der Waals surface area (Å²) in [4.78, 5) is 31.1. The lowest BCUT2D eigenvalue weighted by atomic mass is 10.2. The molecule has 0 aromatic carbocycles. The summed E-state index contributed by atoms with van der Waals surface area (Å²) in [5.74, 6) is -1.28. The van der Waals surface area contributed by atoms with Crippen LogP contribution in [0.25, 0.3) is 0 Å². The number of hydrogen-bond acceptors (Lipinski definition) is 6. The molecule has 0 saturated heterocycles. The molecule has 1 amide bonds. The lowest BCUT2D eigenvalue weighted by Gasteiger charge is -2.42. The van der Waals surface area contributed by atoms with Crippen molar-refractivity contribution in [2.24, 2.45) is 0 Å². The Labute approximate surface area is 204 Å². The fraction of sp³-hybridized carbons (Fsp3) is 0.773. The first kappa shape index (κ1) is 28.3. The van der Waals surface area contributed by atoms with Gasteiger partial charge in [0, 0.05) is 14.1 Å². The van der Waals surface area contributed by atoms with Gasteiger partial charge in [0.2, 0.25) is 0 Å². The summed E-state index contributed by atoms with van der Waals surface area (Å²) in [5, 5.41) is 10.1. The third-order valence-electron chi connectivity index (χ3n) is 6.66. The Bertz CT molecular complexity index is 1030. The minimum Gasteiger partial charge on any atom is -0.479 e. The quantitative estimate of drug-likeness (QED) is 0.552. The van der Waals surface area contributed by atoms with E-state index >= 15 is 0 Å². The minimum atomic E-state index is -4.06. The second-order valence-electron chi connectivity index (χ2n) is 11.1. The predicted octanol–water partition coefficient (Wildman–Crippen LogP) is 3.30. The van der Waals surface area contributed by atoms with Crippen LogP contribution in [-0.4, -0.2) is 71.5 Å². The molecule has 0 aliphatic carbocycles. The average molecular weight is 517 g/mol. The molecule has 10 nitrogen and oxygen atoms in total. The number of carboxylic acids is 1. The molecule has 1 aromatic heterocycles. The highest BCUT2D eigenvalue weighted by Crippen LogP contribution is 2.43. The standard InChI is InChI=1S/C22H40N4O6SSi/c1-13(2)34(14(3)4,15(5)6)20-23-17-16(26(20)33(30,31)24(10)11)12-25(18(17)19(27)28)21(29)32-22(7,8)9/h13-15,18H,12H2,1-11H3,(H,27,28). The van der Waals surface area contributed by atoms with Crippen molar-refractivity contribution >= 4 is 35.8 Å². The van der Waals surface area contributed by atoms with Crippen LogP contribution in [0.4, 0.5) is 4.79 Å². The Balaban J connectivity index is 2.93. The second-order valence-corrected chi connectivity index (χ2v) is 18.8. The van der Waals surface area contributed by atoms with Gasteiger partial charge in [0.25, 0.3) is 0 Å². The van der Waals surface area contributed by atoms with Gasteiger partial charge in [0.15, 0.2) is 6.04 Å². The highest BCUT2D eigenvalue weighted by Gasteiger charge is 2.54. The number of carbonyl (C=O) groups excluding carboxylic acids is 1. The minimum absolute atomic E-state index is 0.0950. The van der Waals surface area contributed by atoms with E-state index in [4.69, 9.17) is 9.72 Å². The van der Waals surface area contributed by atoms with Gasteiger partial charge in [0.05, 0.1) is 17.9 Å². The van der Waals surface area contributed by atoms with Crippen LogP contribution in [0.1, 0.15) is 79.7 Å². The highest BCUT2D eigenvalue weighted by molar-refractivity contribution is 7.87. The Morgan fingerprint density at radius 1 is 1.09 bits per heavy atom. The molecule has 194 valence electrons. The molecule has 1 aliphatic heterocycles. The van der Waals surface area contributed by atoms with Crippen molar-refractivity contribution < 1.29 is 27.9 Å². The largest absolute Gasteiger partial charge is 0.479 e. The van der Waals surface area contributed by atoms with Crippen LogP contribution in [0.5, 0.6) is 0 Å². The number of fused-ring (bicyclic) bond motifs is 1. The lowest BCUT2D eigenvalue weighted by molar-refractivity contribution is -0.143. The summed E-state index contributed by atoms with van der Waals surface area (Å²) >= 11 is 0. The van der Waals surface area contributed by atoms with E-state index in [1.165, 1.54) is 18.1 Å². The topological polar surface area (TPSA) is 122 Å². The number of amides is 1. The van der Waals surface area contributed by atoms with Crippen molar-refractivity contribution in [3.05, 3.63) is 11.4 Å². The first-order valence-corrected chi connectivity index (χ1v) is 15.2. The van der Waals surface area contributed by atoms with Gasteiger partial charge in [-0.2, -0.15) is 12.7 Å². The van der Waals surface area contributed by atoms with Crippen LogP contribution in [0.2, 0.25) is 16.6 Å². The molecule has 0 fully saturated rings. The highest BCUT2D eigenvalue weighted by atomic mass is 32.2. The van der Waals surface area contributed by atoms with Crippen LogP contribution in [0.15, 0.2) is 0 Å². The van der Waals surface area contributed by atoms with E-state index in [0.717, 1.165) is 9.21 Å². The maximum absolute atomic E-state index is 13.7. The van der Waals surface area contributed by atoms with Crippen LogP contribution < -0.4 is 5.45 Å². The normalized spacial score (nSPS) is 17.3. The summed E-state index contributed by atoms with van der Waals surface area (Å²) in [6.45, 7) is 17.3. The van der Waals surface area contributed by atoms with Crippen molar-refractivity contribution in [1.82, 2.24) is 18.2 Å². The third kappa shape index (κ3) is 4.51. The van der Waals surface area contributed by atoms with Gasteiger partial charge in [-0.25, -0.2) is 18.5 Å². The van der Waals surface area contributed by atoms with Gasteiger partial charge in [-0.3, -0.25) is 4.90 Å². The molecular formula is C22H40N4O6SSi. The Morgan fingerprint density at radius 3 is 1.91 bits per heavy atom. The SMILES string of the molecule is CC(C)[Si](c1nc2c(n1S(=O)(=O)N(C)C)CN(C(=O)OC(C)(C)C)C2C(=O)O)(C(C)C)C(C)C. The fourth-order valence-electron chi connectivity index (χ4n) is 5.42. The fourth-order valence-corrected chi connectivity index (χ4v) is 13.6. The Hall–Kier alpha value is -1.92. The van der Waals surface area contributed by atoms with Crippen molar-refractivity contribution in [3.8, 4) is 0 Å². The number of rotatable bonds is 7. The molecule has 2 heterocycles. The number of imidazole rings is 1. The van der Waals surface area contributed by atoms with Crippen LogP contribution >= 0.6 is 0 Å². The zero-order valence-electron chi connectivity index (χ0n) is 22.2. The summed E-state index contributed by atoms with van der Waals surface area (Å²) < 4.78 is 35.1. The van der Waals surface area contributed by atoms with E-state index in [9.17, 15) is 23.1 Å². The molecule has 0 saturated carbocycles. The third-order valence-corrected chi connectivity index (χ3v) is 15.4. The van der Waals surface area contributed by atoms with E-state index in [1.807, 2.05) is 0 Å². The number of ether oxygens (including phenoxy) is 1. The Morgan fingerprint density at radius 2 is 1.56 bits per heavy atom. The van der Waals surface area contributed by atoms with Crippen molar-refractivity contribution in [3.63, 3.8) is 0 Å². The van der Waals surface area contributed by atoms with Gasteiger partial charge in [0.1, 0.15) is 19.1 Å². The second kappa shape index (κ2) is 9.27. The first-order valence-electron chi connectivity index (χ1n) is 11.6. The summed E-state index contributed by atoms with van der Waals surface area (Å²) in [7, 11) is -3.82. The molecule has 12 heteroatoms. The van der Waals surface area contributed by atoms with Crippen molar-refractivity contribution in [2.45, 2.75) is 97.1 Å². The van der Waals surface area contributed by atoms with E-state index in [-0.39, 0.29) is 34.6 Å². The zero-order chi connectivity index (χ0) is 26.5. The molecule has 1 aromatic rings. The van der Waals surface area contributed by atoms with E-state index in [1.54, 1.807) is 20.8 Å². The maximum atomic E-state index is 13.7. The molecule has 1 unspecified atom stereocenters. The molecule has 1 aliphatic rings. The molecule has 0 radical (unpaired) electrons. The van der Waals surface area contributed by atoms with Crippen molar-refractivity contribution in [1.29, 1.82) is 0 Å². The molecule has 1 N–H and O–H groups in total. The maximum Gasteiger partial charge on any atom is 0.411 e. The van der Waals surface area contributed by atoms with Gasteiger partial charge in [-0.1, -0.05) is 41.5 Å². The van der Waals surface area contributed by atoms with E-state index in [2.05, 4.69) is 41.5 Å². The van der Waals surface area contributed by atoms with E-state index < -0.39 is 42.0 Å². The number of nitrogens with zero attached hydrogens (tertiary/aromatic N) is 4. The number of aliphatic carboxylic acids is 1. The lowest BCUT2D eigenvalue weighted by Crippen LogP contribution is -2.61. The van der Waals surface area contributed by atoms with Crippen LogP contribution in [0, 0.1) is 0 Å². The van der Waals surface area contributed by atoms with Gasteiger partial charge < -0.3 is 9.84 Å². The smallest absolute Gasteiger partial charge is 0.411 e. The predicted molar refractivity (Wildman–Crippen MR) is 133 cm³/mol. The van der Waals surface area contributed by atoms with E-state index in [0.29, 0.717) is 5.45 Å². The van der Waals surface area contributed by atoms with Crippen molar-refractivity contribution in [2.75, 3.05) is 14.1 Å². The van der Waals surface area contributed by atoms with Crippen LogP contribution in [0.3, 0.4) is 0 Å². The number of carboxylic acid groups (broad SMARTS) is 1. The number of aromatic nitrogens is 2.